The van der Waals surface area contributed by atoms with Crippen LogP contribution in [-0.2, 0) is 9.59 Å². The number of hydrogen-bond acceptors (Lipinski definition) is 3. The van der Waals surface area contributed by atoms with Gasteiger partial charge in [0, 0.05) is 17.5 Å². The Morgan fingerprint density at radius 2 is 1.75 bits per heavy atom. The molecule has 6 heteroatoms. The van der Waals surface area contributed by atoms with Crippen molar-refractivity contribution < 1.29 is 9.59 Å². The molecule has 2 aromatic carbocycles. The molecule has 0 spiro atoms. The second-order valence-corrected chi connectivity index (χ2v) is 8.58. The summed E-state index contributed by atoms with van der Waals surface area (Å²) in [6, 6.07) is 17.9. The molecule has 0 bridgehead atoms. The summed E-state index contributed by atoms with van der Waals surface area (Å²) in [4.78, 5) is 25.1. The second-order valence-electron chi connectivity index (χ2n) is 8.58. The summed E-state index contributed by atoms with van der Waals surface area (Å²) in [5.74, 6) is 0.321. The molecular formula is C26H30N4O2. The van der Waals surface area contributed by atoms with E-state index in [-0.39, 0.29) is 24.3 Å². The van der Waals surface area contributed by atoms with Gasteiger partial charge in [0.2, 0.25) is 11.8 Å². The Balaban J connectivity index is 1.54. The van der Waals surface area contributed by atoms with Gasteiger partial charge in [-0.25, -0.2) is 4.68 Å². The van der Waals surface area contributed by atoms with Crippen LogP contribution in [0.5, 0.6) is 0 Å². The van der Waals surface area contributed by atoms with Crippen LogP contribution < -0.4 is 10.6 Å². The van der Waals surface area contributed by atoms with Crippen molar-refractivity contribution in [2.75, 3.05) is 11.9 Å². The quantitative estimate of drug-likeness (QED) is 0.590. The standard InChI is InChI=1S/C26H30N4O2/c1-18-13-14-23(19(2)15-18)30-24(16-22(29-30)20-9-5-3-6-10-20)28-25(31)17-27-26(32)21-11-7-4-8-12-21/h3,5-6,9-10,13-16,21H,4,7-8,11-12,17H2,1-2H3,(H,27,32)(H,28,31). The van der Waals surface area contributed by atoms with Gasteiger partial charge in [0.05, 0.1) is 17.9 Å². The van der Waals surface area contributed by atoms with Gasteiger partial charge in [-0.1, -0.05) is 67.3 Å². The van der Waals surface area contributed by atoms with Crippen molar-refractivity contribution >= 4 is 17.6 Å². The molecule has 2 amide bonds. The number of anilines is 1. The highest BCUT2D eigenvalue weighted by atomic mass is 16.2. The van der Waals surface area contributed by atoms with Gasteiger partial charge in [-0.15, -0.1) is 0 Å². The molecule has 1 heterocycles. The summed E-state index contributed by atoms with van der Waals surface area (Å²) in [5, 5.41) is 10.5. The molecule has 1 saturated carbocycles. The van der Waals surface area contributed by atoms with E-state index in [0.717, 1.165) is 53.8 Å². The number of carbonyl (C=O) groups excluding carboxylic acids is 2. The topological polar surface area (TPSA) is 76.0 Å². The number of hydrogen-bond donors (Lipinski definition) is 2. The van der Waals surface area contributed by atoms with Gasteiger partial charge in [0.15, 0.2) is 0 Å². The normalized spacial score (nSPS) is 14.2. The third-order valence-electron chi connectivity index (χ3n) is 6.03. The van der Waals surface area contributed by atoms with Crippen LogP contribution in [0.4, 0.5) is 5.82 Å². The highest BCUT2D eigenvalue weighted by molar-refractivity contribution is 5.95. The van der Waals surface area contributed by atoms with E-state index in [9.17, 15) is 9.59 Å². The molecule has 0 atom stereocenters. The smallest absolute Gasteiger partial charge is 0.244 e. The fourth-order valence-corrected chi connectivity index (χ4v) is 4.31. The van der Waals surface area contributed by atoms with Gasteiger partial charge in [-0.05, 0) is 38.3 Å². The number of rotatable bonds is 6. The molecule has 2 N–H and O–H groups in total. The van der Waals surface area contributed by atoms with Crippen molar-refractivity contribution in [2.24, 2.45) is 5.92 Å². The van der Waals surface area contributed by atoms with E-state index >= 15 is 0 Å². The lowest BCUT2D eigenvalue weighted by Gasteiger charge is -2.20. The molecule has 0 saturated heterocycles. The molecule has 0 radical (unpaired) electrons. The number of benzene rings is 2. The van der Waals surface area contributed by atoms with Crippen LogP contribution in [0.25, 0.3) is 16.9 Å². The van der Waals surface area contributed by atoms with Gasteiger partial charge in [-0.3, -0.25) is 9.59 Å². The Morgan fingerprint density at radius 1 is 1.00 bits per heavy atom. The van der Waals surface area contributed by atoms with E-state index in [2.05, 4.69) is 16.7 Å². The molecule has 4 rings (SSSR count). The molecule has 0 aliphatic heterocycles. The van der Waals surface area contributed by atoms with Crippen LogP contribution in [0.15, 0.2) is 54.6 Å². The molecule has 6 nitrogen and oxygen atoms in total. The molecule has 0 unspecified atom stereocenters. The van der Waals surface area contributed by atoms with E-state index in [1.807, 2.05) is 62.4 Å². The average Bonchev–Trinajstić information content (AvgIpc) is 3.22. The van der Waals surface area contributed by atoms with Gasteiger partial charge < -0.3 is 10.6 Å². The van der Waals surface area contributed by atoms with Gasteiger partial charge in [-0.2, -0.15) is 5.10 Å². The van der Waals surface area contributed by atoms with Crippen molar-refractivity contribution in [3.63, 3.8) is 0 Å². The van der Waals surface area contributed by atoms with Crippen molar-refractivity contribution in [1.29, 1.82) is 0 Å². The largest absolute Gasteiger partial charge is 0.347 e. The molecule has 32 heavy (non-hydrogen) atoms. The first-order valence-corrected chi connectivity index (χ1v) is 11.3. The minimum Gasteiger partial charge on any atom is -0.347 e. The zero-order valence-corrected chi connectivity index (χ0v) is 18.7. The van der Waals surface area contributed by atoms with Crippen molar-refractivity contribution in [3.05, 3.63) is 65.7 Å². The van der Waals surface area contributed by atoms with E-state index < -0.39 is 0 Å². The summed E-state index contributed by atoms with van der Waals surface area (Å²) < 4.78 is 1.76. The number of amides is 2. The highest BCUT2D eigenvalue weighted by Gasteiger charge is 2.22. The molecular weight excluding hydrogens is 400 g/mol. The molecule has 3 aromatic rings. The molecule has 1 aliphatic rings. The van der Waals surface area contributed by atoms with Crippen LogP contribution in [0.2, 0.25) is 0 Å². The van der Waals surface area contributed by atoms with Crippen molar-refractivity contribution in [2.45, 2.75) is 46.0 Å². The maximum absolute atomic E-state index is 12.7. The van der Waals surface area contributed by atoms with Crippen molar-refractivity contribution in [1.82, 2.24) is 15.1 Å². The third kappa shape index (κ3) is 5.07. The maximum Gasteiger partial charge on any atom is 0.244 e. The predicted octanol–water partition coefficient (Wildman–Crippen LogP) is 4.79. The van der Waals surface area contributed by atoms with Gasteiger partial charge in [0.25, 0.3) is 0 Å². The van der Waals surface area contributed by atoms with E-state index in [1.165, 1.54) is 6.42 Å². The minimum absolute atomic E-state index is 0.0206. The van der Waals surface area contributed by atoms with E-state index in [4.69, 9.17) is 5.10 Å². The fraction of sp³-hybridized carbons (Fsp3) is 0.346. The number of nitrogens with one attached hydrogen (secondary N) is 2. The molecule has 166 valence electrons. The monoisotopic (exact) mass is 430 g/mol. The SMILES string of the molecule is Cc1ccc(-n2nc(-c3ccccc3)cc2NC(=O)CNC(=O)C2CCCCC2)c(C)c1. The van der Waals surface area contributed by atoms with Crippen LogP contribution in [0.3, 0.4) is 0 Å². The summed E-state index contributed by atoms with van der Waals surface area (Å²) in [6.45, 7) is 4.03. The summed E-state index contributed by atoms with van der Waals surface area (Å²) in [5.41, 5.74) is 4.87. The number of carbonyl (C=O) groups is 2. The number of aryl methyl sites for hydroxylation is 2. The van der Waals surface area contributed by atoms with Gasteiger partial charge >= 0.3 is 0 Å². The second kappa shape index (κ2) is 9.81. The maximum atomic E-state index is 12.7. The van der Waals surface area contributed by atoms with Gasteiger partial charge in [0.1, 0.15) is 5.82 Å². The van der Waals surface area contributed by atoms with Crippen LogP contribution >= 0.6 is 0 Å². The molecule has 1 aromatic heterocycles. The Bertz CT molecular complexity index is 1100. The van der Waals surface area contributed by atoms with Crippen LogP contribution in [0.1, 0.15) is 43.2 Å². The first-order valence-electron chi connectivity index (χ1n) is 11.3. The van der Waals surface area contributed by atoms with Crippen LogP contribution in [0, 0.1) is 19.8 Å². The number of nitrogens with zero attached hydrogens (tertiary/aromatic N) is 2. The zero-order chi connectivity index (χ0) is 22.5. The first kappa shape index (κ1) is 21.8. The summed E-state index contributed by atoms with van der Waals surface area (Å²) >= 11 is 0. The highest BCUT2D eigenvalue weighted by Crippen LogP contribution is 2.27. The molecule has 1 aliphatic carbocycles. The lowest BCUT2D eigenvalue weighted by Crippen LogP contribution is -2.37. The Hall–Kier alpha value is -3.41. The Morgan fingerprint density at radius 3 is 2.47 bits per heavy atom. The van der Waals surface area contributed by atoms with E-state index in [0.29, 0.717) is 5.82 Å². The van der Waals surface area contributed by atoms with Crippen LogP contribution in [-0.4, -0.2) is 28.1 Å². The number of aromatic nitrogens is 2. The van der Waals surface area contributed by atoms with Crippen molar-refractivity contribution in [3.8, 4) is 16.9 Å². The molecule has 1 fully saturated rings. The third-order valence-corrected chi connectivity index (χ3v) is 6.03. The Labute approximate surface area is 189 Å². The Kier molecular flexibility index (Phi) is 6.69. The fourth-order valence-electron chi connectivity index (χ4n) is 4.31. The summed E-state index contributed by atoms with van der Waals surface area (Å²) in [7, 11) is 0. The first-order chi connectivity index (χ1) is 15.5. The minimum atomic E-state index is -0.264. The lowest BCUT2D eigenvalue weighted by molar-refractivity contribution is -0.128. The predicted molar refractivity (Wildman–Crippen MR) is 127 cm³/mol. The lowest BCUT2D eigenvalue weighted by atomic mass is 9.89. The zero-order valence-electron chi connectivity index (χ0n) is 18.7. The average molecular weight is 431 g/mol. The van der Waals surface area contributed by atoms with E-state index in [1.54, 1.807) is 4.68 Å². The summed E-state index contributed by atoms with van der Waals surface area (Å²) in [6.07, 6.45) is 5.18.